The van der Waals surface area contributed by atoms with Crippen LogP contribution < -0.4 is 10.6 Å². The van der Waals surface area contributed by atoms with Gasteiger partial charge < -0.3 is 20.5 Å². The lowest BCUT2D eigenvalue weighted by molar-refractivity contribution is -0.139. The first kappa shape index (κ1) is 17.5. The number of hydrogen-bond donors (Lipinski definition) is 3. The van der Waals surface area contributed by atoms with Crippen molar-refractivity contribution in [2.24, 2.45) is 0 Å². The predicted octanol–water partition coefficient (Wildman–Crippen LogP) is 1.81. The second-order valence-corrected chi connectivity index (χ2v) is 6.33. The highest BCUT2D eigenvalue weighted by atomic mass is 32.1. The normalized spacial score (nSPS) is 12.7. The van der Waals surface area contributed by atoms with Crippen molar-refractivity contribution in [3.05, 3.63) is 22.4 Å². The predicted molar refractivity (Wildman–Crippen MR) is 81.8 cm³/mol. The Morgan fingerprint density at radius 1 is 1.43 bits per heavy atom. The molecule has 3 N–H and O–H groups in total. The lowest BCUT2D eigenvalue weighted by atomic mass is 9.91. The summed E-state index contributed by atoms with van der Waals surface area (Å²) < 4.78 is 4.99. The van der Waals surface area contributed by atoms with Crippen LogP contribution in [0.15, 0.2) is 17.5 Å². The van der Waals surface area contributed by atoms with Gasteiger partial charge in [-0.2, -0.15) is 0 Å². The Morgan fingerprint density at radius 2 is 2.14 bits per heavy atom. The van der Waals surface area contributed by atoms with E-state index >= 15 is 0 Å². The fraction of sp³-hybridized carbons (Fsp3) is 0.571. The van der Waals surface area contributed by atoms with Crippen LogP contribution in [-0.2, 0) is 14.9 Å². The maximum absolute atomic E-state index is 11.7. The smallest absolute Gasteiger partial charge is 0.314 e. The Morgan fingerprint density at radius 3 is 2.67 bits per heavy atom. The molecule has 0 saturated carbocycles. The van der Waals surface area contributed by atoms with Gasteiger partial charge in [0.2, 0.25) is 0 Å². The lowest BCUT2D eigenvalue weighted by Gasteiger charge is -2.24. The fourth-order valence-corrected chi connectivity index (χ4v) is 2.61. The van der Waals surface area contributed by atoms with Crippen molar-refractivity contribution < 1.29 is 19.4 Å². The summed E-state index contributed by atoms with van der Waals surface area (Å²) in [5.74, 6) is -0.956. The number of nitrogens with one attached hydrogen (secondary N) is 2. The first-order valence-corrected chi connectivity index (χ1v) is 7.53. The Hall–Kier alpha value is -1.60. The molecule has 21 heavy (non-hydrogen) atoms. The molecule has 1 aromatic heterocycles. The number of urea groups is 1. The number of carboxylic acids is 1. The molecule has 2 amide bonds. The van der Waals surface area contributed by atoms with E-state index in [1.54, 1.807) is 11.3 Å². The van der Waals surface area contributed by atoms with Crippen molar-refractivity contribution in [3.63, 3.8) is 0 Å². The molecule has 0 saturated heterocycles. The minimum absolute atomic E-state index is 0.141. The third kappa shape index (κ3) is 6.14. The zero-order valence-electron chi connectivity index (χ0n) is 12.5. The Labute approximate surface area is 128 Å². The second kappa shape index (κ2) is 7.99. The third-order valence-electron chi connectivity index (χ3n) is 3.11. The molecular formula is C14H22N2O4S. The summed E-state index contributed by atoms with van der Waals surface area (Å²) in [4.78, 5) is 23.5. The molecular weight excluding hydrogens is 292 g/mol. The molecule has 1 atom stereocenters. The maximum atomic E-state index is 11.7. The lowest BCUT2D eigenvalue weighted by Crippen LogP contribution is -2.44. The van der Waals surface area contributed by atoms with Gasteiger partial charge in [-0.15, -0.1) is 11.3 Å². The molecule has 6 nitrogen and oxygen atoms in total. The van der Waals surface area contributed by atoms with Crippen molar-refractivity contribution in [1.82, 2.24) is 10.6 Å². The summed E-state index contributed by atoms with van der Waals surface area (Å²) in [5, 5.41) is 16.1. The second-order valence-electron chi connectivity index (χ2n) is 5.38. The monoisotopic (exact) mass is 314 g/mol. The minimum Gasteiger partial charge on any atom is -0.481 e. The molecule has 1 heterocycles. The number of carboxylic acid groups (broad SMARTS) is 1. The van der Waals surface area contributed by atoms with Gasteiger partial charge in [-0.1, -0.05) is 19.9 Å². The van der Waals surface area contributed by atoms with Gasteiger partial charge in [0.05, 0.1) is 12.5 Å². The minimum atomic E-state index is -0.956. The van der Waals surface area contributed by atoms with Crippen molar-refractivity contribution in [2.75, 3.05) is 20.2 Å². The van der Waals surface area contributed by atoms with Gasteiger partial charge in [-0.3, -0.25) is 4.79 Å². The van der Waals surface area contributed by atoms with E-state index in [4.69, 9.17) is 9.84 Å². The van der Waals surface area contributed by atoms with E-state index in [-0.39, 0.29) is 24.4 Å². The number of methoxy groups -OCH3 is 1. The third-order valence-corrected chi connectivity index (χ3v) is 4.34. The summed E-state index contributed by atoms with van der Waals surface area (Å²) in [5.41, 5.74) is -0.146. The number of carbonyl (C=O) groups excluding carboxylic acids is 1. The van der Waals surface area contributed by atoms with E-state index in [0.29, 0.717) is 6.54 Å². The summed E-state index contributed by atoms with van der Waals surface area (Å²) in [6, 6.07) is 3.70. The number of rotatable bonds is 8. The largest absolute Gasteiger partial charge is 0.481 e. The fourth-order valence-electron chi connectivity index (χ4n) is 1.75. The SMILES string of the molecule is COC(CNC(=O)NCC(C)(C)c1cccs1)CC(=O)O. The average Bonchev–Trinajstić information content (AvgIpc) is 2.95. The van der Waals surface area contributed by atoms with Crippen LogP contribution in [0.2, 0.25) is 0 Å². The van der Waals surface area contributed by atoms with Gasteiger partial charge in [-0.25, -0.2) is 4.79 Å². The molecule has 0 spiro atoms. The van der Waals surface area contributed by atoms with E-state index in [9.17, 15) is 9.59 Å². The summed E-state index contributed by atoms with van der Waals surface area (Å²) in [7, 11) is 1.42. The maximum Gasteiger partial charge on any atom is 0.314 e. The molecule has 1 unspecified atom stereocenters. The highest BCUT2D eigenvalue weighted by Gasteiger charge is 2.22. The van der Waals surface area contributed by atoms with Crippen LogP contribution in [0, 0.1) is 0 Å². The number of amides is 2. The van der Waals surface area contributed by atoms with Gasteiger partial charge >= 0.3 is 12.0 Å². The summed E-state index contributed by atoms with van der Waals surface area (Å²) in [6.07, 6.45) is -0.671. The van der Waals surface area contributed by atoms with Gasteiger partial charge in [0, 0.05) is 30.5 Å². The molecule has 7 heteroatoms. The molecule has 0 fully saturated rings. The summed E-state index contributed by atoms with van der Waals surface area (Å²) in [6.45, 7) is 4.77. The molecule has 1 aromatic rings. The number of hydrogen-bond acceptors (Lipinski definition) is 4. The first-order valence-electron chi connectivity index (χ1n) is 6.65. The van der Waals surface area contributed by atoms with Crippen LogP contribution in [0.5, 0.6) is 0 Å². The van der Waals surface area contributed by atoms with Crippen LogP contribution in [0.25, 0.3) is 0 Å². The van der Waals surface area contributed by atoms with Crippen molar-refractivity contribution in [2.45, 2.75) is 31.8 Å². The van der Waals surface area contributed by atoms with Crippen LogP contribution >= 0.6 is 11.3 Å². The van der Waals surface area contributed by atoms with Gasteiger partial charge in [0.1, 0.15) is 0 Å². The van der Waals surface area contributed by atoms with E-state index < -0.39 is 12.1 Å². The Bertz CT molecular complexity index is 460. The molecule has 1 rings (SSSR count). The van der Waals surface area contributed by atoms with E-state index in [1.807, 2.05) is 17.5 Å². The quantitative estimate of drug-likeness (QED) is 0.683. The molecule has 0 aliphatic heterocycles. The number of carbonyl (C=O) groups is 2. The molecule has 0 aliphatic carbocycles. The van der Waals surface area contributed by atoms with E-state index in [2.05, 4.69) is 24.5 Å². The molecule has 0 radical (unpaired) electrons. The zero-order valence-corrected chi connectivity index (χ0v) is 13.3. The van der Waals surface area contributed by atoms with Gasteiger partial charge in [0.25, 0.3) is 0 Å². The van der Waals surface area contributed by atoms with Crippen molar-refractivity contribution in [1.29, 1.82) is 0 Å². The van der Waals surface area contributed by atoms with Crippen LogP contribution in [-0.4, -0.2) is 43.4 Å². The highest BCUT2D eigenvalue weighted by Crippen LogP contribution is 2.26. The Kier molecular flexibility index (Phi) is 6.64. The Balaban J connectivity index is 2.35. The zero-order chi connectivity index (χ0) is 15.9. The van der Waals surface area contributed by atoms with Crippen LogP contribution in [0.1, 0.15) is 25.1 Å². The van der Waals surface area contributed by atoms with E-state index in [1.165, 1.54) is 12.0 Å². The molecule has 0 aromatic carbocycles. The molecule has 0 bridgehead atoms. The number of aliphatic carboxylic acids is 1. The van der Waals surface area contributed by atoms with Crippen LogP contribution in [0.3, 0.4) is 0 Å². The standard InChI is InChI=1S/C14H22N2O4S/c1-14(2,11-5-4-6-21-11)9-16-13(19)15-8-10(20-3)7-12(17)18/h4-6,10H,7-9H2,1-3H3,(H,17,18)(H2,15,16,19). The van der Waals surface area contributed by atoms with Crippen LogP contribution in [0.4, 0.5) is 4.79 Å². The number of ether oxygens (including phenoxy) is 1. The van der Waals surface area contributed by atoms with Crippen molar-refractivity contribution in [3.8, 4) is 0 Å². The topological polar surface area (TPSA) is 87.7 Å². The average molecular weight is 314 g/mol. The van der Waals surface area contributed by atoms with Gasteiger partial charge in [-0.05, 0) is 11.4 Å². The van der Waals surface area contributed by atoms with Crippen molar-refractivity contribution >= 4 is 23.3 Å². The molecule has 118 valence electrons. The highest BCUT2D eigenvalue weighted by molar-refractivity contribution is 7.10. The first-order chi connectivity index (χ1) is 9.85. The summed E-state index contributed by atoms with van der Waals surface area (Å²) >= 11 is 1.65. The van der Waals surface area contributed by atoms with E-state index in [0.717, 1.165) is 0 Å². The number of thiophene rings is 1. The van der Waals surface area contributed by atoms with Gasteiger partial charge in [0.15, 0.2) is 0 Å². The molecule has 0 aliphatic rings.